The predicted octanol–water partition coefficient (Wildman–Crippen LogP) is 2.75. The minimum Gasteiger partial charge on any atom is -0.336 e. The van der Waals surface area contributed by atoms with Crippen molar-refractivity contribution in [3.8, 4) is 0 Å². The fraction of sp³-hybridized carbons (Fsp3) is 0.625. The van der Waals surface area contributed by atoms with Crippen molar-refractivity contribution in [1.29, 1.82) is 0 Å². The maximum atomic E-state index is 12.8. The molecular formula is C16H26N4O. The van der Waals surface area contributed by atoms with E-state index >= 15 is 0 Å². The Kier molecular flexibility index (Phi) is 4.83. The van der Waals surface area contributed by atoms with Gasteiger partial charge in [-0.15, -0.1) is 0 Å². The van der Waals surface area contributed by atoms with E-state index in [0.717, 1.165) is 18.7 Å². The summed E-state index contributed by atoms with van der Waals surface area (Å²) in [5.41, 5.74) is 4.11. The van der Waals surface area contributed by atoms with Gasteiger partial charge in [-0.3, -0.25) is 4.79 Å². The van der Waals surface area contributed by atoms with Gasteiger partial charge in [0, 0.05) is 23.8 Å². The zero-order valence-electron chi connectivity index (χ0n) is 13.4. The molecule has 1 fully saturated rings. The van der Waals surface area contributed by atoms with Crippen LogP contribution in [-0.2, 0) is 0 Å². The monoisotopic (exact) mass is 290 g/mol. The lowest BCUT2D eigenvalue weighted by Gasteiger charge is -2.38. The van der Waals surface area contributed by atoms with E-state index in [1.807, 2.05) is 11.0 Å². The Labute approximate surface area is 126 Å². The van der Waals surface area contributed by atoms with Crippen molar-refractivity contribution >= 4 is 11.7 Å². The van der Waals surface area contributed by atoms with E-state index in [1.165, 1.54) is 6.42 Å². The van der Waals surface area contributed by atoms with Crippen LogP contribution in [-0.4, -0.2) is 28.4 Å². The van der Waals surface area contributed by atoms with Crippen LogP contribution in [0.15, 0.2) is 12.1 Å². The fourth-order valence-corrected chi connectivity index (χ4v) is 2.83. The number of nitrogens with zero attached hydrogens (tertiary/aromatic N) is 2. The van der Waals surface area contributed by atoms with E-state index in [4.69, 9.17) is 5.84 Å². The summed E-state index contributed by atoms with van der Waals surface area (Å²) in [5.74, 6) is 6.90. The topological polar surface area (TPSA) is 71.2 Å². The van der Waals surface area contributed by atoms with Gasteiger partial charge in [0.1, 0.15) is 5.82 Å². The third-order valence-corrected chi connectivity index (χ3v) is 4.47. The number of piperidine rings is 1. The van der Waals surface area contributed by atoms with Gasteiger partial charge in [0.05, 0.1) is 0 Å². The lowest BCUT2D eigenvalue weighted by atomic mass is 9.91. The van der Waals surface area contributed by atoms with Crippen molar-refractivity contribution in [2.75, 3.05) is 12.0 Å². The van der Waals surface area contributed by atoms with Crippen LogP contribution in [0.4, 0.5) is 5.82 Å². The number of hydrogen-bond donors (Lipinski definition) is 2. The van der Waals surface area contributed by atoms with Crippen LogP contribution in [0.2, 0.25) is 0 Å². The summed E-state index contributed by atoms with van der Waals surface area (Å²) in [5, 5.41) is 0. The molecule has 0 bridgehead atoms. The normalized spacial score (nSPS) is 22.5. The molecule has 1 amide bonds. The number of likely N-dealkylation sites (tertiary alicyclic amines) is 1. The summed E-state index contributed by atoms with van der Waals surface area (Å²) in [7, 11) is 0. The minimum atomic E-state index is 0.0786. The fourth-order valence-electron chi connectivity index (χ4n) is 2.83. The molecule has 5 nitrogen and oxygen atoms in total. The number of carbonyl (C=O) groups is 1. The second-order valence-electron chi connectivity index (χ2n) is 6.32. The van der Waals surface area contributed by atoms with Crippen LogP contribution in [0.3, 0.4) is 0 Å². The second kappa shape index (κ2) is 6.43. The van der Waals surface area contributed by atoms with E-state index in [9.17, 15) is 4.79 Å². The molecule has 1 saturated heterocycles. The van der Waals surface area contributed by atoms with E-state index in [0.29, 0.717) is 17.3 Å². The van der Waals surface area contributed by atoms with Gasteiger partial charge in [-0.1, -0.05) is 20.8 Å². The number of nitrogens with one attached hydrogen (secondary N) is 1. The number of nitrogen functional groups attached to an aromatic ring is 1. The van der Waals surface area contributed by atoms with Gasteiger partial charge < -0.3 is 10.3 Å². The van der Waals surface area contributed by atoms with Gasteiger partial charge in [-0.05, 0) is 43.7 Å². The summed E-state index contributed by atoms with van der Waals surface area (Å²) in [4.78, 5) is 19.2. The van der Waals surface area contributed by atoms with Crippen LogP contribution in [0, 0.1) is 5.92 Å². The number of nitrogens with two attached hydrogens (primary N) is 1. The molecule has 0 spiro atoms. The highest BCUT2D eigenvalue weighted by Gasteiger charge is 2.29. The molecule has 2 rings (SSSR count). The van der Waals surface area contributed by atoms with Crippen LogP contribution in [0.1, 0.15) is 62.5 Å². The molecule has 116 valence electrons. The molecule has 21 heavy (non-hydrogen) atoms. The average molecular weight is 290 g/mol. The summed E-state index contributed by atoms with van der Waals surface area (Å²) >= 11 is 0. The number of hydrogen-bond acceptors (Lipinski definition) is 4. The minimum absolute atomic E-state index is 0.0786. The number of rotatable bonds is 3. The molecule has 2 unspecified atom stereocenters. The zero-order chi connectivity index (χ0) is 15.6. The van der Waals surface area contributed by atoms with E-state index in [1.54, 1.807) is 6.07 Å². The van der Waals surface area contributed by atoms with E-state index < -0.39 is 0 Å². The first-order valence-electron chi connectivity index (χ1n) is 7.73. The molecule has 3 N–H and O–H groups in total. The highest BCUT2D eigenvalue weighted by atomic mass is 16.2. The van der Waals surface area contributed by atoms with Gasteiger partial charge in [0.15, 0.2) is 0 Å². The molecule has 0 saturated carbocycles. The van der Waals surface area contributed by atoms with Crippen molar-refractivity contribution in [3.63, 3.8) is 0 Å². The molecule has 1 aromatic rings. The molecule has 0 radical (unpaired) electrons. The number of hydrazine groups is 1. The quantitative estimate of drug-likeness (QED) is 0.663. The summed E-state index contributed by atoms with van der Waals surface area (Å²) in [6.07, 6.45) is 2.26. The molecule has 2 atom stereocenters. The molecule has 1 aliphatic heterocycles. The highest BCUT2D eigenvalue weighted by Crippen LogP contribution is 2.26. The molecule has 5 heteroatoms. The standard InChI is InChI=1S/C16H26N4O/c1-10(2)14-8-13(9-15(18-14)19-17)16(21)20-7-5-6-11(3)12(20)4/h8-12H,5-7,17H2,1-4H3,(H,18,19). The van der Waals surface area contributed by atoms with Gasteiger partial charge in [0.25, 0.3) is 5.91 Å². The Morgan fingerprint density at radius 2 is 2.14 bits per heavy atom. The number of amides is 1. The first kappa shape index (κ1) is 15.8. The van der Waals surface area contributed by atoms with Crippen molar-refractivity contribution < 1.29 is 4.79 Å². The lowest BCUT2D eigenvalue weighted by molar-refractivity contribution is 0.0551. The summed E-state index contributed by atoms with van der Waals surface area (Å²) in [6.45, 7) is 9.29. The van der Waals surface area contributed by atoms with Crippen molar-refractivity contribution in [1.82, 2.24) is 9.88 Å². The van der Waals surface area contributed by atoms with Gasteiger partial charge in [-0.25, -0.2) is 10.8 Å². The summed E-state index contributed by atoms with van der Waals surface area (Å²) in [6, 6.07) is 3.90. The third kappa shape index (κ3) is 3.35. The van der Waals surface area contributed by atoms with Crippen molar-refractivity contribution in [3.05, 3.63) is 23.4 Å². The Bertz CT molecular complexity index is 515. The van der Waals surface area contributed by atoms with Crippen LogP contribution in [0.25, 0.3) is 0 Å². The first-order chi connectivity index (χ1) is 9.93. The Balaban J connectivity index is 2.31. The van der Waals surface area contributed by atoms with E-state index in [2.05, 4.69) is 38.1 Å². The van der Waals surface area contributed by atoms with Crippen LogP contribution >= 0.6 is 0 Å². The maximum Gasteiger partial charge on any atom is 0.254 e. The smallest absolute Gasteiger partial charge is 0.254 e. The lowest BCUT2D eigenvalue weighted by Crippen LogP contribution is -2.46. The number of pyridine rings is 1. The highest BCUT2D eigenvalue weighted by molar-refractivity contribution is 5.95. The van der Waals surface area contributed by atoms with Crippen molar-refractivity contribution in [2.45, 2.75) is 52.5 Å². The number of anilines is 1. The number of aromatic nitrogens is 1. The van der Waals surface area contributed by atoms with E-state index in [-0.39, 0.29) is 17.9 Å². The third-order valence-electron chi connectivity index (χ3n) is 4.47. The Hall–Kier alpha value is -1.62. The Morgan fingerprint density at radius 1 is 1.43 bits per heavy atom. The molecule has 0 aromatic carbocycles. The maximum absolute atomic E-state index is 12.8. The molecule has 1 aromatic heterocycles. The van der Waals surface area contributed by atoms with Crippen LogP contribution in [0.5, 0.6) is 0 Å². The van der Waals surface area contributed by atoms with Crippen molar-refractivity contribution in [2.24, 2.45) is 11.8 Å². The van der Waals surface area contributed by atoms with Gasteiger partial charge >= 0.3 is 0 Å². The number of carbonyl (C=O) groups excluding carboxylic acids is 1. The average Bonchev–Trinajstić information content (AvgIpc) is 2.48. The molecular weight excluding hydrogens is 264 g/mol. The van der Waals surface area contributed by atoms with Gasteiger partial charge in [-0.2, -0.15) is 0 Å². The molecule has 1 aliphatic rings. The Morgan fingerprint density at radius 3 is 2.76 bits per heavy atom. The predicted molar refractivity (Wildman–Crippen MR) is 85.0 cm³/mol. The van der Waals surface area contributed by atoms with Gasteiger partial charge in [0.2, 0.25) is 0 Å². The second-order valence-corrected chi connectivity index (χ2v) is 6.32. The summed E-state index contributed by atoms with van der Waals surface area (Å²) < 4.78 is 0. The molecule has 0 aliphatic carbocycles. The zero-order valence-corrected chi connectivity index (χ0v) is 13.4. The molecule has 2 heterocycles. The van der Waals surface area contributed by atoms with Crippen LogP contribution < -0.4 is 11.3 Å². The largest absolute Gasteiger partial charge is 0.336 e. The first-order valence-corrected chi connectivity index (χ1v) is 7.73. The SMILES string of the molecule is CC(C)c1cc(C(=O)N2CCCC(C)C2C)cc(NN)n1.